The summed E-state index contributed by atoms with van der Waals surface area (Å²) in [6.07, 6.45) is 5.12. The Bertz CT molecular complexity index is 611. The van der Waals surface area contributed by atoms with Gasteiger partial charge in [-0.1, -0.05) is 0 Å². The minimum atomic E-state index is -0.252. The van der Waals surface area contributed by atoms with Crippen LogP contribution in [0.3, 0.4) is 0 Å². The van der Waals surface area contributed by atoms with Gasteiger partial charge >= 0.3 is 0 Å². The van der Waals surface area contributed by atoms with Crippen LogP contribution in [0, 0.1) is 18.8 Å². The Morgan fingerprint density at radius 1 is 1.33 bits per heavy atom. The summed E-state index contributed by atoms with van der Waals surface area (Å²) in [6, 6.07) is 3.60. The Morgan fingerprint density at radius 2 is 2.08 bits per heavy atom. The number of rotatable bonds is 4. The van der Waals surface area contributed by atoms with E-state index in [1.54, 1.807) is 12.3 Å². The Labute approximate surface area is 142 Å². The van der Waals surface area contributed by atoms with Gasteiger partial charge in [-0.05, 0) is 50.7 Å². The number of nitrogens with zero attached hydrogens (tertiary/aromatic N) is 2. The van der Waals surface area contributed by atoms with Gasteiger partial charge in [-0.25, -0.2) is 0 Å². The fourth-order valence-corrected chi connectivity index (χ4v) is 3.77. The van der Waals surface area contributed by atoms with Crippen LogP contribution in [0.5, 0.6) is 0 Å². The first kappa shape index (κ1) is 16.9. The standard InChI is InChI=1S/C18H25N3O3/c1-12-10-14(2-6-20-12)18(23)21-7-3-13(4-8-21)11-16-15(17(19)22)5-9-24-16/h2,6,10,13,15-16H,3-5,7-9,11H2,1H3,(H2,19,22)/t15-,16-/m1/s1. The van der Waals surface area contributed by atoms with E-state index in [1.807, 2.05) is 17.9 Å². The third-order valence-electron chi connectivity index (χ3n) is 5.19. The van der Waals surface area contributed by atoms with Crippen LogP contribution in [0.2, 0.25) is 0 Å². The molecule has 0 unspecified atom stereocenters. The molecule has 1 aromatic heterocycles. The number of aryl methyl sites for hydroxylation is 1. The van der Waals surface area contributed by atoms with Crippen molar-refractivity contribution in [3.63, 3.8) is 0 Å². The molecule has 6 nitrogen and oxygen atoms in total. The van der Waals surface area contributed by atoms with Crippen LogP contribution in [0.25, 0.3) is 0 Å². The SMILES string of the molecule is Cc1cc(C(=O)N2CCC(C[C@H]3OCC[C@H]3C(N)=O)CC2)ccn1. The van der Waals surface area contributed by atoms with Gasteiger partial charge in [0, 0.05) is 37.2 Å². The third kappa shape index (κ3) is 3.75. The number of pyridine rings is 1. The van der Waals surface area contributed by atoms with Crippen LogP contribution in [-0.4, -0.2) is 47.5 Å². The number of carbonyl (C=O) groups excluding carboxylic acids is 2. The van der Waals surface area contributed by atoms with E-state index < -0.39 is 0 Å². The first-order valence-electron chi connectivity index (χ1n) is 8.67. The predicted octanol–water partition coefficient (Wildman–Crippen LogP) is 1.52. The molecule has 130 valence electrons. The first-order valence-corrected chi connectivity index (χ1v) is 8.67. The summed E-state index contributed by atoms with van der Waals surface area (Å²) in [7, 11) is 0. The molecular formula is C18H25N3O3. The van der Waals surface area contributed by atoms with Crippen LogP contribution in [0.4, 0.5) is 0 Å². The monoisotopic (exact) mass is 331 g/mol. The molecule has 2 aliphatic heterocycles. The molecule has 2 aliphatic rings. The lowest BCUT2D eigenvalue weighted by Gasteiger charge is -2.33. The molecule has 0 radical (unpaired) electrons. The van der Waals surface area contributed by atoms with Crippen molar-refractivity contribution in [2.45, 2.75) is 38.7 Å². The van der Waals surface area contributed by atoms with Crippen molar-refractivity contribution in [2.24, 2.45) is 17.6 Å². The van der Waals surface area contributed by atoms with Crippen molar-refractivity contribution < 1.29 is 14.3 Å². The molecular weight excluding hydrogens is 306 g/mol. The van der Waals surface area contributed by atoms with Crippen LogP contribution >= 0.6 is 0 Å². The number of likely N-dealkylation sites (tertiary alicyclic amines) is 1. The summed E-state index contributed by atoms with van der Waals surface area (Å²) in [6.45, 7) is 4.01. The molecule has 1 aromatic rings. The van der Waals surface area contributed by atoms with Gasteiger partial charge in [0.1, 0.15) is 0 Å². The van der Waals surface area contributed by atoms with Gasteiger partial charge in [0.25, 0.3) is 5.91 Å². The maximum absolute atomic E-state index is 12.6. The second-order valence-electron chi connectivity index (χ2n) is 6.86. The molecule has 0 bridgehead atoms. The van der Waals surface area contributed by atoms with E-state index in [1.165, 1.54) is 0 Å². The summed E-state index contributed by atoms with van der Waals surface area (Å²) < 4.78 is 5.70. The zero-order chi connectivity index (χ0) is 17.1. The quantitative estimate of drug-likeness (QED) is 0.906. The fourth-order valence-electron chi connectivity index (χ4n) is 3.77. The molecule has 3 heterocycles. The molecule has 3 rings (SSSR count). The van der Waals surface area contributed by atoms with E-state index in [-0.39, 0.29) is 23.8 Å². The molecule has 0 spiro atoms. The van der Waals surface area contributed by atoms with Gasteiger partial charge < -0.3 is 15.4 Å². The number of aromatic nitrogens is 1. The summed E-state index contributed by atoms with van der Waals surface area (Å²) in [5.74, 6) is 0.159. The van der Waals surface area contributed by atoms with Crippen LogP contribution < -0.4 is 5.73 Å². The number of amides is 2. The molecule has 2 fully saturated rings. The molecule has 2 atom stereocenters. The lowest BCUT2D eigenvalue weighted by atomic mass is 9.86. The van der Waals surface area contributed by atoms with E-state index in [9.17, 15) is 9.59 Å². The zero-order valence-corrected chi connectivity index (χ0v) is 14.1. The van der Waals surface area contributed by atoms with Gasteiger partial charge in [0.15, 0.2) is 0 Å². The lowest BCUT2D eigenvalue weighted by molar-refractivity contribution is -0.123. The predicted molar refractivity (Wildman–Crippen MR) is 89.3 cm³/mol. The molecule has 0 saturated carbocycles. The Balaban J connectivity index is 1.52. The lowest BCUT2D eigenvalue weighted by Crippen LogP contribution is -2.40. The van der Waals surface area contributed by atoms with Crippen molar-refractivity contribution >= 4 is 11.8 Å². The minimum Gasteiger partial charge on any atom is -0.377 e. The smallest absolute Gasteiger partial charge is 0.253 e. The Hall–Kier alpha value is -1.95. The van der Waals surface area contributed by atoms with Gasteiger partial charge in [-0.15, -0.1) is 0 Å². The van der Waals surface area contributed by atoms with Crippen molar-refractivity contribution in [3.8, 4) is 0 Å². The highest BCUT2D eigenvalue weighted by Crippen LogP contribution is 2.31. The summed E-state index contributed by atoms with van der Waals surface area (Å²) >= 11 is 0. The van der Waals surface area contributed by atoms with E-state index in [4.69, 9.17) is 10.5 Å². The number of ether oxygens (including phenoxy) is 1. The number of piperidine rings is 1. The highest BCUT2D eigenvalue weighted by molar-refractivity contribution is 5.94. The number of nitrogens with two attached hydrogens (primary N) is 1. The maximum Gasteiger partial charge on any atom is 0.253 e. The average Bonchev–Trinajstić information content (AvgIpc) is 3.03. The molecule has 2 N–H and O–H groups in total. The topological polar surface area (TPSA) is 85.5 Å². The van der Waals surface area contributed by atoms with Crippen molar-refractivity contribution in [1.82, 2.24) is 9.88 Å². The molecule has 6 heteroatoms. The summed E-state index contributed by atoms with van der Waals surface area (Å²) in [4.78, 5) is 30.1. The van der Waals surface area contributed by atoms with E-state index in [0.29, 0.717) is 18.1 Å². The Kier molecular flexibility index (Phi) is 5.14. The largest absolute Gasteiger partial charge is 0.377 e. The van der Waals surface area contributed by atoms with Crippen LogP contribution in [0.1, 0.15) is 41.7 Å². The Morgan fingerprint density at radius 3 is 2.75 bits per heavy atom. The van der Waals surface area contributed by atoms with Gasteiger partial charge in [0.2, 0.25) is 5.91 Å². The van der Waals surface area contributed by atoms with Crippen molar-refractivity contribution in [3.05, 3.63) is 29.6 Å². The third-order valence-corrected chi connectivity index (χ3v) is 5.19. The van der Waals surface area contributed by atoms with E-state index in [2.05, 4.69) is 4.98 Å². The zero-order valence-electron chi connectivity index (χ0n) is 14.1. The molecule has 2 amide bonds. The molecule has 2 saturated heterocycles. The van der Waals surface area contributed by atoms with Gasteiger partial charge in [-0.2, -0.15) is 0 Å². The fraction of sp³-hybridized carbons (Fsp3) is 0.611. The number of hydrogen-bond donors (Lipinski definition) is 1. The second-order valence-corrected chi connectivity index (χ2v) is 6.86. The number of primary amides is 1. The maximum atomic E-state index is 12.6. The van der Waals surface area contributed by atoms with E-state index >= 15 is 0 Å². The van der Waals surface area contributed by atoms with Gasteiger partial charge in [-0.3, -0.25) is 14.6 Å². The molecule has 0 aliphatic carbocycles. The summed E-state index contributed by atoms with van der Waals surface area (Å²) in [5.41, 5.74) is 7.01. The van der Waals surface area contributed by atoms with Crippen molar-refractivity contribution in [2.75, 3.05) is 19.7 Å². The molecule has 0 aromatic carbocycles. The highest BCUT2D eigenvalue weighted by Gasteiger charge is 2.35. The van der Waals surface area contributed by atoms with Gasteiger partial charge in [0.05, 0.1) is 12.0 Å². The number of carbonyl (C=O) groups is 2. The normalized spacial score (nSPS) is 25.0. The van der Waals surface area contributed by atoms with Crippen LogP contribution in [-0.2, 0) is 9.53 Å². The van der Waals surface area contributed by atoms with Crippen LogP contribution in [0.15, 0.2) is 18.3 Å². The average molecular weight is 331 g/mol. The number of hydrogen-bond acceptors (Lipinski definition) is 4. The second kappa shape index (κ2) is 7.30. The minimum absolute atomic E-state index is 0.0439. The first-order chi connectivity index (χ1) is 11.5. The summed E-state index contributed by atoms with van der Waals surface area (Å²) in [5, 5.41) is 0. The molecule has 24 heavy (non-hydrogen) atoms. The highest BCUT2D eigenvalue weighted by atomic mass is 16.5. The van der Waals surface area contributed by atoms with Crippen molar-refractivity contribution in [1.29, 1.82) is 0 Å². The van der Waals surface area contributed by atoms with E-state index in [0.717, 1.165) is 44.5 Å².